The van der Waals surface area contributed by atoms with Gasteiger partial charge in [0.1, 0.15) is 5.78 Å². The highest BCUT2D eigenvalue weighted by Crippen LogP contribution is 2.47. The molecule has 6 nitrogen and oxygen atoms in total. The second-order valence-electron chi connectivity index (χ2n) is 8.30. The molecule has 0 amide bonds. The number of hydrogen-bond acceptors (Lipinski definition) is 6. The number of hydrogen-bond donors (Lipinski definition) is 1. The van der Waals surface area contributed by atoms with Gasteiger partial charge in [-0.2, -0.15) is 0 Å². The molecule has 3 atom stereocenters. The number of Topliss-reactive ketones (excluding diaryl/α,β-unsaturated/α-hetero) is 1. The summed E-state index contributed by atoms with van der Waals surface area (Å²) in [4.78, 5) is 26.4. The number of ketones is 1. The lowest BCUT2D eigenvalue weighted by molar-refractivity contribution is -0.136. The number of fused-ring (bicyclic) bond motifs is 1. The summed E-state index contributed by atoms with van der Waals surface area (Å²) in [6.45, 7) is 1.80. The molecule has 1 aliphatic heterocycles. The smallest absolute Gasteiger partial charge is 0.336 e. The molecule has 0 bridgehead atoms. The third-order valence-electron chi connectivity index (χ3n) is 6.41. The maximum atomic E-state index is 13.6. The van der Waals surface area contributed by atoms with Gasteiger partial charge < -0.3 is 19.5 Å². The second kappa shape index (κ2) is 9.72. The Hall–Kier alpha value is -2.96. The molecule has 4 rings (SSSR count). The molecule has 34 heavy (non-hydrogen) atoms. The quantitative estimate of drug-likeness (QED) is 0.552. The van der Waals surface area contributed by atoms with E-state index in [1.165, 1.54) is 7.11 Å². The standard InChI is InChI=1S/C26H25Cl2NO5/c1-13-23(26(31)34-4)24(15-5-7-17(27)18(28)9-15)25-19(29-13)10-16(11-20(25)30)14-6-8-21(32-2)22(12-14)33-3/h5-10,12,16,24-25,29H,11H2,1-4H3. The molecule has 1 N–H and O–H groups in total. The lowest BCUT2D eigenvalue weighted by Crippen LogP contribution is -2.41. The monoisotopic (exact) mass is 501 g/mol. The van der Waals surface area contributed by atoms with E-state index < -0.39 is 17.8 Å². The molecule has 2 aromatic rings. The maximum absolute atomic E-state index is 13.6. The van der Waals surface area contributed by atoms with Crippen LogP contribution in [0.15, 0.2) is 59.4 Å². The summed E-state index contributed by atoms with van der Waals surface area (Å²) in [5.74, 6) is -0.545. The van der Waals surface area contributed by atoms with Gasteiger partial charge >= 0.3 is 5.97 Å². The number of carbonyl (C=O) groups excluding carboxylic acids is 2. The van der Waals surface area contributed by atoms with Gasteiger partial charge in [0.15, 0.2) is 11.5 Å². The van der Waals surface area contributed by atoms with Crippen LogP contribution in [-0.2, 0) is 14.3 Å². The number of esters is 1. The topological polar surface area (TPSA) is 73.9 Å². The molecule has 0 saturated heterocycles. The molecule has 0 saturated carbocycles. The van der Waals surface area contributed by atoms with Gasteiger partial charge in [0.05, 0.1) is 42.9 Å². The summed E-state index contributed by atoms with van der Waals surface area (Å²) in [5, 5.41) is 4.05. The van der Waals surface area contributed by atoms with Crippen molar-refractivity contribution in [3.05, 3.63) is 80.6 Å². The Morgan fingerprint density at radius 1 is 0.941 bits per heavy atom. The fourth-order valence-electron chi connectivity index (χ4n) is 4.82. The van der Waals surface area contributed by atoms with Crippen LogP contribution in [-0.4, -0.2) is 33.1 Å². The average molecular weight is 502 g/mol. The van der Waals surface area contributed by atoms with E-state index in [0.717, 1.165) is 16.8 Å². The largest absolute Gasteiger partial charge is 0.493 e. The number of halogens is 2. The van der Waals surface area contributed by atoms with Crippen LogP contribution in [0.5, 0.6) is 11.5 Å². The lowest BCUT2D eigenvalue weighted by Gasteiger charge is -2.39. The van der Waals surface area contributed by atoms with Gasteiger partial charge in [-0.05, 0) is 42.3 Å². The van der Waals surface area contributed by atoms with Gasteiger partial charge in [0, 0.05) is 29.7 Å². The molecule has 3 unspecified atom stereocenters. The van der Waals surface area contributed by atoms with E-state index in [4.69, 9.17) is 37.4 Å². The van der Waals surface area contributed by atoms with Crippen LogP contribution in [0, 0.1) is 5.92 Å². The fraction of sp³-hybridized carbons (Fsp3) is 0.308. The molecule has 0 aromatic heterocycles. The van der Waals surface area contributed by atoms with Crippen molar-refractivity contribution in [3.63, 3.8) is 0 Å². The zero-order chi connectivity index (χ0) is 24.6. The normalized spacial score (nSPS) is 21.9. The van der Waals surface area contributed by atoms with Gasteiger partial charge in [0.2, 0.25) is 0 Å². The number of rotatable bonds is 5. The van der Waals surface area contributed by atoms with E-state index in [0.29, 0.717) is 32.8 Å². The minimum atomic E-state index is -0.577. The summed E-state index contributed by atoms with van der Waals surface area (Å²) in [5.41, 5.74) is 3.44. The molecule has 8 heteroatoms. The first-order valence-electron chi connectivity index (χ1n) is 10.8. The van der Waals surface area contributed by atoms with Crippen LogP contribution >= 0.6 is 23.2 Å². The van der Waals surface area contributed by atoms with Crippen molar-refractivity contribution in [2.24, 2.45) is 5.92 Å². The zero-order valence-electron chi connectivity index (χ0n) is 19.3. The Labute approximate surface area is 208 Å². The van der Waals surface area contributed by atoms with Gasteiger partial charge in [-0.1, -0.05) is 41.4 Å². The minimum absolute atomic E-state index is 0.00904. The van der Waals surface area contributed by atoms with Crippen LogP contribution in [0.4, 0.5) is 0 Å². The molecule has 2 aliphatic rings. The predicted octanol–water partition coefficient (Wildman–Crippen LogP) is 5.40. The first-order chi connectivity index (χ1) is 16.3. The first-order valence-corrected chi connectivity index (χ1v) is 11.5. The molecular formula is C26H25Cl2NO5. The average Bonchev–Trinajstić information content (AvgIpc) is 2.83. The van der Waals surface area contributed by atoms with E-state index in [1.54, 1.807) is 39.3 Å². The number of nitrogens with one attached hydrogen (secondary N) is 1. The van der Waals surface area contributed by atoms with Crippen molar-refractivity contribution in [1.29, 1.82) is 0 Å². The Balaban J connectivity index is 1.82. The lowest BCUT2D eigenvalue weighted by atomic mass is 9.68. The fourth-order valence-corrected chi connectivity index (χ4v) is 5.12. The molecular weight excluding hydrogens is 477 g/mol. The second-order valence-corrected chi connectivity index (χ2v) is 9.11. The van der Waals surface area contributed by atoms with Crippen LogP contribution in [0.3, 0.4) is 0 Å². The Morgan fingerprint density at radius 3 is 2.29 bits per heavy atom. The zero-order valence-corrected chi connectivity index (χ0v) is 20.8. The number of carbonyl (C=O) groups is 2. The van der Waals surface area contributed by atoms with Crippen LogP contribution in [0.25, 0.3) is 0 Å². The third kappa shape index (κ3) is 4.28. The summed E-state index contributed by atoms with van der Waals surface area (Å²) < 4.78 is 15.8. The summed E-state index contributed by atoms with van der Waals surface area (Å²) in [6.07, 6.45) is 2.33. The summed E-state index contributed by atoms with van der Waals surface area (Å²) >= 11 is 12.4. The molecule has 1 aliphatic carbocycles. The molecule has 2 aromatic carbocycles. The van der Waals surface area contributed by atoms with E-state index in [-0.39, 0.29) is 18.1 Å². The van der Waals surface area contributed by atoms with Crippen molar-refractivity contribution < 1.29 is 23.8 Å². The van der Waals surface area contributed by atoms with E-state index in [1.807, 2.05) is 18.2 Å². The van der Waals surface area contributed by atoms with Crippen LogP contribution in [0.2, 0.25) is 10.0 Å². The summed E-state index contributed by atoms with van der Waals surface area (Å²) in [6, 6.07) is 10.8. The van der Waals surface area contributed by atoms with Gasteiger partial charge in [0.25, 0.3) is 0 Å². The SMILES string of the molecule is COC(=O)C1=C(C)NC2=CC(c3ccc(OC)c(OC)c3)CC(=O)C2C1c1ccc(Cl)c(Cl)c1. The van der Waals surface area contributed by atoms with Crippen LogP contribution in [0.1, 0.15) is 36.3 Å². The maximum Gasteiger partial charge on any atom is 0.336 e. The molecule has 1 heterocycles. The van der Waals surface area contributed by atoms with Gasteiger partial charge in [-0.3, -0.25) is 4.79 Å². The number of benzene rings is 2. The van der Waals surface area contributed by atoms with Crippen molar-refractivity contribution in [2.45, 2.75) is 25.2 Å². The van der Waals surface area contributed by atoms with Gasteiger partial charge in [-0.15, -0.1) is 0 Å². The Kier molecular flexibility index (Phi) is 6.91. The highest BCUT2D eigenvalue weighted by Gasteiger charge is 2.45. The molecule has 0 fully saturated rings. The van der Waals surface area contributed by atoms with Crippen molar-refractivity contribution >= 4 is 35.0 Å². The third-order valence-corrected chi connectivity index (χ3v) is 7.15. The van der Waals surface area contributed by atoms with Gasteiger partial charge in [-0.25, -0.2) is 4.79 Å². The summed E-state index contributed by atoms with van der Waals surface area (Å²) in [7, 11) is 4.49. The highest BCUT2D eigenvalue weighted by molar-refractivity contribution is 6.42. The minimum Gasteiger partial charge on any atom is -0.493 e. The van der Waals surface area contributed by atoms with Crippen molar-refractivity contribution in [3.8, 4) is 11.5 Å². The Morgan fingerprint density at radius 2 is 1.65 bits per heavy atom. The number of ether oxygens (including phenoxy) is 3. The number of allylic oxidation sites excluding steroid dienone is 3. The number of methoxy groups -OCH3 is 3. The van der Waals surface area contributed by atoms with Crippen molar-refractivity contribution in [1.82, 2.24) is 5.32 Å². The van der Waals surface area contributed by atoms with E-state index >= 15 is 0 Å². The predicted molar refractivity (Wildman–Crippen MR) is 131 cm³/mol. The molecule has 0 radical (unpaired) electrons. The Bertz CT molecular complexity index is 1220. The van der Waals surface area contributed by atoms with E-state index in [2.05, 4.69) is 11.4 Å². The first kappa shape index (κ1) is 24.2. The highest BCUT2D eigenvalue weighted by atomic mass is 35.5. The van der Waals surface area contributed by atoms with Crippen LogP contribution < -0.4 is 14.8 Å². The molecule has 0 spiro atoms. The molecule has 178 valence electrons. The van der Waals surface area contributed by atoms with E-state index in [9.17, 15) is 9.59 Å². The van der Waals surface area contributed by atoms with Crippen molar-refractivity contribution in [2.75, 3.05) is 21.3 Å².